The zero-order valence-corrected chi connectivity index (χ0v) is 11.7. The van der Waals surface area contributed by atoms with E-state index < -0.39 is 0 Å². The quantitative estimate of drug-likeness (QED) is 0.885. The summed E-state index contributed by atoms with van der Waals surface area (Å²) in [6.07, 6.45) is 6.15. The number of carbonyl (C=O) groups excluding carboxylic acids is 1. The summed E-state index contributed by atoms with van der Waals surface area (Å²) in [5, 5.41) is 3.14. The number of nitrogens with two attached hydrogens (primary N) is 1. The maximum absolute atomic E-state index is 12.4. The van der Waals surface area contributed by atoms with Gasteiger partial charge in [0.1, 0.15) is 10.4 Å². The number of rotatable bonds is 2. The summed E-state index contributed by atoms with van der Waals surface area (Å²) in [6, 6.07) is 3.80. The number of carbonyl (C=O) groups is 1. The highest BCUT2D eigenvalue weighted by Gasteiger charge is 2.31. The largest absolute Gasteiger partial charge is 0.396 e. The van der Waals surface area contributed by atoms with Crippen LogP contribution in [0.3, 0.4) is 0 Å². The number of thiophene rings is 1. The Morgan fingerprint density at radius 1 is 1.47 bits per heavy atom. The van der Waals surface area contributed by atoms with E-state index in [2.05, 4.69) is 17.2 Å². The van der Waals surface area contributed by atoms with Gasteiger partial charge in [-0.15, -0.1) is 11.3 Å². The summed E-state index contributed by atoms with van der Waals surface area (Å²) in [5.74, 6) is -0.0649. The van der Waals surface area contributed by atoms with Crippen LogP contribution in [0.2, 0.25) is 0 Å². The van der Waals surface area contributed by atoms with Gasteiger partial charge in [0.2, 0.25) is 0 Å². The van der Waals surface area contributed by atoms with Crippen LogP contribution in [-0.4, -0.2) is 16.4 Å². The van der Waals surface area contributed by atoms with Crippen LogP contribution in [0.4, 0.5) is 5.69 Å². The lowest BCUT2D eigenvalue weighted by molar-refractivity contribution is 0.0913. The molecular formula is C14H17N3OS. The van der Waals surface area contributed by atoms with E-state index in [-0.39, 0.29) is 11.4 Å². The van der Waals surface area contributed by atoms with E-state index in [0.717, 1.165) is 23.1 Å². The van der Waals surface area contributed by atoms with Crippen molar-refractivity contribution < 1.29 is 4.79 Å². The molecule has 19 heavy (non-hydrogen) atoms. The highest BCUT2D eigenvalue weighted by Crippen LogP contribution is 2.34. The molecule has 0 aromatic carbocycles. The fraction of sp³-hybridized carbons (Fsp3) is 0.429. The predicted molar refractivity (Wildman–Crippen MR) is 78.4 cm³/mol. The van der Waals surface area contributed by atoms with E-state index in [1.165, 1.54) is 24.2 Å². The molecule has 0 saturated heterocycles. The van der Waals surface area contributed by atoms with Gasteiger partial charge in [-0.1, -0.05) is 12.8 Å². The molecule has 0 spiro atoms. The van der Waals surface area contributed by atoms with Crippen LogP contribution in [0.5, 0.6) is 0 Å². The van der Waals surface area contributed by atoms with Crippen molar-refractivity contribution in [2.24, 2.45) is 0 Å². The number of nitrogens with zero attached hydrogens (tertiary/aromatic N) is 1. The molecule has 0 bridgehead atoms. The van der Waals surface area contributed by atoms with E-state index in [1.54, 1.807) is 6.20 Å². The van der Waals surface area contributed by atoms with Gasteiger partial charge in [0, 0.05) is 11.7 Å². The fourth-order valence-electron chi connectivity index (χ4n) is 2.73. The van der Waals surface area contributed by atoms with Crippen molar-refractivity contribution in [3.63, 3.8) is 0 Å². The monoisotopic (exact) mass is 275 g/mol. The lowest BCUT2D eigenvalue weighted by Gasteiger charge is -2.24. The third-order valence-electron chi connectivity index (χ3n) is 3.81. The van der Waals surface area contributed by atoms with Crippen molar-refractivity contribution in [1.82, 2.24) is 10.3 Å². The number of pyridine rings is 1. The van der Waals surface area contributed by atoms with Crippen molar-refractivity contribution >= 4 is 33.1 Å². The first kappa shape index (κ1) is 12.4. The van der Waals surface area contributed by atoms with E-state index in [4.69, 9.17) is 5.73 Å². The molecule has 0 aliphatic heterocycles. The molecule has 3 rings (SSSR count). The van der Waals surface area contributed by atoms with Crippen LogP contribution in [0.15, 0.2) is 18.3 Å². The molecule has 1 fully saturated rings. The normalized spacial score (nSPS) is 17.7. The minimum absolute atomic E-state index is 0.0649. The Balaban J connectivity index is 1.91. The lowest BCUT2D eigenvalue weighted by Crippen LogP contribution is -2.43. The van der Waals surface area contributed by atoms with Crippen molar-refractivity contribution in [3.8, 4) is 0 Å². The second-order valence-corrected chi connectivity index (χ2v) is 6.47. The number of nitrogen functional groups attached to an aromatic ring is 1. The molecule has 3 N–H and O–H groups in total. The Morgan fingerprint density at radius 2 is 2.21 bits per heavy atom. The summed E-state index contributed by atoms with van der Waals surface area (Å²) in [4.78, 5) is 17.2. The number of hydrogen-bond acceptors (Lipinski definition) is 4. The highest BCUT2D eigenvalue weighted by molar-refractivity contribution is 7.21. The predicted octanol–water partition coefficient (Wildman–Crippen LogP) is 2.94. The summed E-state index contributed by atoms with van der Waals surface area (Å²) < 4.78 is 0.960. The minimum Gasteiger partial charge on any atom is -0.396 e. The van der Waals surface area contributed by atoms with Gasteiger partial charge < -0.3 is 11.1 Å². The van der Waals surface area contributed by atoms with Gasteiger partial charge in [-0.25, -0.2) is 0 Å². The topological polar surface area (TPSA) is 68.0 Å². The number of hydrogen-bond donors (Lipinski definition) is 2. The summed E-state index contributed by atoms with van der Waals surface area (Å²) in [6.45, 7) is 2.11. The molecule has 0 unspecified atom stereocenters. The Bertz CT molecular complexity index is 629. The number of fused-ring (bicyclic) bond motifs is 1. The maximum atomic E-state index is 12.4. The van der Waals surface area contributed by atoms with E-state index in [1.807, 2.05) is 12.1 Å². The molecule has 100 valence electrons. The summed E-state index contributed by atoms with van der Waals surface area (Å²) in [7, 11) is 0. The summed E-state index contributed by atoms with van der Waals surface area (Å²) >= 11 is 1.41. The SMILES string of the molecule is CC1(NC(=O)c2sc3cccnc3c2N)CCCC1. The Labute approximate surface area is 116 Å². The third-order valence-corrected chi connectivity index (χ3v) is 4.97. The molecule has 4 nitrogen and oxygen atoms in total. The molecule has 1 aliphatic rings. The van der Waals surface area contributed by atoms with Gasteiger partial charge in [-0.3, -0.25) is 9.78 Å². The van der Waals surface area contributed by atoms with E-state index >= 15 is 0 Å². The van der Waals surface area contributed by atoms with Crippen LogP contribution >= 0.6 is 11.3 Å². The van der Waals surface area contributed by atoms with E-state index in [9.17, 15) is 4.79 Å². The molecule has 0 atom stereocenters. The van der Waals surface area contributed by atoms with Crippen molar-refractivity contribution in [2.45, 2.75) is 38.1 Å². The Kier molecular flexibility index (Phi) is 2.93. The second-order valence-electron chi connectivity index (χ2n) is 5.42. The summed E-state index contributed by atoms with van der Waals surface area (Å²) in [5.41, 5.74) is 7.20. The van der Waals surface area contributed by atoms with Gasteiger partial charge in [0.25, 0.3) is 5.91 Å². The number of nitrogens with one attached hydrogen (secondary N) is 1. The average molecular weight is 275 g/mol. The Hall–Kier alpha value is -1.62. The zero-order valence-electron chi connectivity index (χ0n) is 10.9. The first-order valence-electron chi connectivity index (χ1n) is 6.55. The number of anilines is 1. The van der Waals surface area contributed by atoms with Crippen LogP contribution in [-0.2, 0) is 0 Å². The minimum atomic E-state index is -0.0763. The molecular weight excluding hydrogens is 258 g/mol. The molecule has 2 aromatic heterocycles. The van der Waals surface area contributed by atoms with Crippen LogP contribution in [0, 0.1) is 0 Å². The van der Waals surface area contributed by atoms with Gasteiger partial charge >= 0.3 is 0 Å². The van der Waals surface area contributed by atoms with Gasteiger partial charge in [-0.2, -0.15) is 0 Å². The van der Waals surface area contributed by atoms with Crippen molar-refractivity contribution in [3.05, 3.63) is 23.2 Å². The number of aromatic nitrogens is 1. The molecule has 1 amide bonds. The highest BCUT2D eigenvalue weighted by atomic mass is 32.1. The van der Waals surface area contributed by atoms with Gasteiger partial charge in [0.05, 0.1) is 10.4 Å². The van der Waals surface area contributed by atoms with E-state index in [0.29, 0.717) is 10.6 Å². The van der Waals surface area contributed by atoms with Crippen molar-refractivity contribution in [2.75, 3.05) is 5.73 Å². The first-order chi connectivity index (χ1) is 9.09. The molecule has 1 aliphatic carbocycles. The molecule has 0 radical (unpaired) electrons. The van der Waals surface area contributed by atoms with Crippen LogP contribution in [0.1, 0.15) is 42.3 Å². The van der Waals surface area contributed by atoms with Crippen LogP contribution < -0.4 is 11.1 Å². The standard InChI is InChI=1S/C14H17N3OS/c1-14(6-2-3-7-14)17-13(18)12-10(15)11-9(19-12)5-4-8-16-11/h4-5,8H,2-3,6-7,15H2,1H3,(H,17,18). The lowest BCUT2D eigenvalue weighted by atomic mass is 10.0. The van der Waals surface area contributed by atoms with Gasteiger partial charge in [-0.05, 0) is 31.9 Å². The smallest absolute Gasteiger partial charge is 0.263 e. The maximum Gasteiger partial charge on any atom is 0.263 e. The van der Waals surface area contributed by atoms with Crippen LogP contribution in [0.25, 0.3) is 10.2 Å². The van der Waals surface area contributed by atoms with Gasteiger partial charge in [0.15, 0.2) is 0 Å². The fourth-order valence-corrected chi connectivity index (χ4v) is 3.70. The first-order valence-corrected chi connectivity index (χ1v) is 7.36. The molecule has 2 heterocycles. The molecule has 2 aromatic rings. The third kappa shape index (κ3) is 2.18. The second kappa shape index (κ2) is 4.49. The van der Waals surface area contributed by atoms with Crippen molar-refractivity contribution in [1.29, 1.82) is 0 Å². The number of amides is 1. The molecule has 1 saturated carbocycles. The molecule has 5 heteroatoms. The average Bonchev–Trinajstić information content (AvgIpc) is 2.95. The Morgan fingerprint density at radius 3 is 2.89 bits per heavy atom. The zero-order chi connectivity index (χ0) is 13.5.